The van der Waals surface area contributed by atoms with E-state index in [-0.39, 0.29) is 11.9 Å². The summed E-state index contributed by atoms with van der Waals surface area (Å²) in [6.07, 6.45) is 13.4. The lowest BCUT2D eigenvalue weighted by molar-refractivity contribution is -0.117. The summed E-state index contributed by atoms with van der Waals surface area (Å²) < 4.78 is 0. The van der Waals surface area contributed by atoms with E-state index in [1.807, 2.05) is 12.3 Å². The summed E-state index contributed by atoms with van der Waals surface area (Å²) in [4.78, 5) is 14.9. The molecule has 2 heterocycles. The Kier molecular flexibility index (Phi) is 6.29. The minimum absolute atomic E-state index is 0.0417. The number of amides is 1. The molecule has 0 fully saturated rings. The van der Waals surface area contributed by atoms with Crippen LogP contribution in [0, 0.1) is 0 Å². The molecular weight excluding hydrogens is 322 g/mol. The predicted octanol–water partition coefficient (Wildman–Crippen LogP) is 3.42. The van der Waals surface area contributed by atoms with Crippen molar-refractivity contribution < 1.29 is 4.79 Å². The van der Waals surface area contributed by atoms with E-state index in [0.717, 1.165) is 38.0 Å². The van der Waals surface area contributed by atoms with Crippen LogP contribution in [0.5, 0.6) is 0 Å². The van der Waals surface area contributed by atoms with E-state index in [0.29, 0.717) is 6.54 Å². The number of aryl methyl sites for hydroxylation is 2. The van der Waals surface area contributed by atoms with Gasteiger partial charge in [-0.2, -0.15) is 0 Å². The van der Waals surface area contributed by atoms with Gasteiger partial charge in [0.2, 0.25) is 5.91 Å². The number of anilines is 1. The second kappa shape index (κ2) is 8.86. The summed E-state index contributed by atoms with van der Waals surface area (Å²) in [7, 11) is 0. The van der Waals surface area contributed by atoms with Gasteiger partial charge in [-0.3, -0.25) is 4.79 Å². The summed E-state index contributed by atoms with van der Waals surface area (Å²) in [5.41, 5.74) is 4.78. The van der Waals surface area contributed by atoms with Crippen molar-refractivity contribution in [2.75, 3.05) is 25.0 Å². The zero-order valence-corrected chi connectivity index (χ0v) is 15.8. The number of hydrogen-bond acceptors (Lipinski definition) is 3. The van der Waals surface area contributed by atoms with Crippen molar-refractivity contribution in [1.82, 2.24) is 10.2 Å². The van der Waals surface area contributed by atoms with E-state index in [4.69, 9.17) is 0 Å². The number of nitrogens with zero attached hydrogens (tertiary/aromatic N) is 1. The number of rotatable bonds is 6. The Morgan fingerprint density at radius 1 is 1.23 bits per heavy atom. The Morgan fingerprint density at radius 3 is 2.65 bits per heavy atom. The number of benzene rings is 1. The van der Waals surface area contributed by atoms with Crippen LogP contribution >= 0.6 is 0 Å². The zero-order valence-electron chi connectivity index (χ0n) is 15.8. The summed E-state index contributed by atoms with van der Waals surface area (Å²) in [5.74, 6) is 0.0417. The van der Waals surface area contributed by atoms with Gasteiger partial charge in [0.15, 0.2) is 0 Å². The smallest absolute Gasteiger partial charge is 0.243 e. The fourth-order valence-corrected chi connectivity index (χ4v) is 3.68. The maximum absolute atomic E-state index is 12.8. The van der Waals surface area contributed by atoms with Gasteiger partial charge in [-0.15, -0.1) is 0 Å². The molecule has 4 nitrogen and oxygen atoms in total. The molecule has 2 N–H and O–H groups in total. The number of carbonyl (C=O) groups is 1. The summed E-state index contributed by atoms with van der Waals surface area (Å²) in [6.45, 7) is 6.53. The van der Waals surface area contributed by atoms with Gasteiger partial charge in [-0.05, 0) is 48.6 Å². The highest BCUT2D eigenvalue weighted by atomic mass is 16.2. The number of nitrogens with one attached hydrogen (secondary N) is 2. The molecule has 0 spiro atoms. The van der Waals surface area contributed by atoms with E-state index in [9.17, 15) is 4.79 Å². The van der Waals surface area contributed by atoms with Crippen molar-refractivity contribution in [2.45, 2.75) is 39.2 Å². The van der Waals surface area contributed by atoms with Crippen LogP contribution in [0.15, 0.2) is 54.3 Å². The second-order valence-corrected chi connectivity index (χ2v) is 6.78. The quantitative estimate of drug-likeness (QED) is 0.772. The molecule has 0 saturated heterocycles. The SMILES string of the molecule is CCc1cccc(CC)c1NC(=O)CN1C=CC=CC1C1=CCNCC1. The van der Waals surface area contributed by atoms with Crippen LogP contribution < -0.4 is 10.6 Å². The van der Waals surface area contributed by atoms with Crippen LogP contribution in [0.1, 0.15) is 31.4 Å². The van der Waals surface area contributed by atoms with Crippen LogP contribution in [0.25, 0.3) is 0 Å². The Labute approximate surface area is 156 Å². The third-order valence-electron chi connectivity index (χ3n) is 5.11. The molecule has 0 aliphatic carbocycles. The first-order valence-corrected chi connectivity index (χ1v) is 9.64. The molecule has 0 saturated carbocycles. The summed E-state index contributed by atoms with van der Waals surface area (Å²) in [6, 6.07) is 6.45. The van der Waals surface area contributed by atoms with E-state index >= 15 is 0 Å². The third-order valence-corrected chi connectivity index (χ3v) is 5.11. The molecular formula is C22H29N3O. The monoisotopic (exact) mass is 351 g/mol. The Morgan fingerprint density at radius 2 is 2.00 bits per heavy atom. The van der Waals surface area contributed by atoms with E-state index in [1.165, 1.54) is 16.7 Å². The molecule has 0 radical (unpaired) electrons. The highest BCUT2D eigenvalue weighted by molar-refractivity contribution is 5.94. The fraction of sp³-hybridized carbons (Fsp3) is 0.409. The first-order valence-electron chi connectivity index (χ1n) is 9.64. The van der Waals surface area contributed by atoms with Gasteiger partial charge in [0.1, 0.15) is 0 Å². The van der Waals surface area contributed by atoms with Crippen LogP contribution in [0.3, 0.4) is 0 Å². The van der Waals surface area contributed by atoms with Crippen LogP contribution in [-0.2, 0) is 17.6 Å². The Hall–Kier alpha value is -2.33. The number of carbonyl (C=O) groups excluding carboxylic acids is 1. The van der Waals surface area contributed by atoms with Crippen molar-refractivity contribution in [1.29, 1.82) is 0 Å². The number of para-hydroxylation sites is 1. The van der Waals surface area contributed by atoms with Crippen molar-refractivity contribution in [2.24, 2.45) is 0 Å². The van der Waals surface area contributed by atoms with Gasteiger partial charge in [0, 0.05) is 18.4 Å². The Balaban J connectivity index is 1.72. The first kappa shape index (κ1) is 18.5. The fourth-order valence-electron chi connectivity index (χ4n) is 3.68. The lowest BCUT2D eigenvalue weighted by Gasteiger charge is -2.33. The van der Waals surface area contributed by atoms with Gasteiger partial charge >= 0.3 is 0 Å². The van der Waals surface area contributed by atoms with Gasteiger partial charge < -0.3 is 15.5 Å². The van der Waals surface area contributed by atoms with Crippen LogP contribution in [0.2, 0.25) is 0 Å². The van der Waals surface area contributed by atoms with E-state index < -0.39 is 0 Å². The molecule has 1 atom stereocenters. The Bertz CT molecular complexity index is 711. The normalized spacial score (nSPS) is 19.4. The first-order chi connectivity index (χ1) is 12.7. The van der Waals surface area contributed by atoms with E-state index in [2.05, 4.69) is 65.8 Å². The van der Waals surface area contributed by atoms with Crippen molar-refractivity contribution in [3.8, 4) is 0 Å². The molecule has 4 heteroatoms. The molecule has 1 aromatic rings. The van der Waals surface area contributed by atoms with Crippen LogP contribution in [0.4, 0.5) is 5.69 Å². The lowest BCUT2D eigenvalue weighted by atomic mass is 9.97. The average Bonchev–Trinajstić information content (AvgIpc) is 2.69. The van der Waals surface area contributed by atoms with E-state index in [1.54, 1.807) is 0 Å². The number of allylic oxidation sites excluding steroid dienone is 2. The third kappa shape index (κ3) is 4.25. The maximum Gasteiger partial charge on any atom is 0.243 e. The molecule has 0 bridgehead atoms. The molecule has 3 rings (SSSR count). The summed E-state index contributed by atoms with van der Waals surface area (Å²) >= 11 is 0. The molecule has 1 unspecified atom stereocenters. The molecule has 2 aliphatic rings. The predicted molar refractivity (Wildman–Crippen MR) is 108 cm³/mol. The van der Waals surface area contributed by atoms with Gasteiger partial charge in [0.05, 0.1) is 12.6 Å². The minimum atomic E-state index is 0.0417. The minimum Gasteiger partial charge on any atom is -0.358 e. The average molecular weight is 351 g/mol. The van der Waals surface area contributed by atoms with Gasteiger partial charge in [-0.1, -0.05) is 50.3 Å². The largest absolute Gasteiger partial charge is 0.358 e. The molecule has 0 aromatic heterocycles. The number of hydrogen-bond donors (Lipinski definition) is 2. The van der Waals surface area contributed by atoms with Crippen LogP contribution in [-0.4, -0.2) is 36.5 Å². The molecule has 26 heavy (non-hydrogen) atoms. The molecule has 138 valence electrons. The van der Waals surface area contributed by atoms with Crippen molar-refractivity contribution in [3.63, 3.8) is 0 Å². The zero-order chi connectivity index (χ0) is 18.4. The molecule has 2 aliphatic heterocycles. The lowest BCUT2D eigenvalue weighted by Crippen LogP contribution is -2.40. The second-order valence-electron chi connectivity index (χ2n) is 6.78. The van der Waals surface area contributed by atoms with Gasteiger partial charge in [-0.25, -0.2) is 0 Å². The van der Waals surface area contributed by atoms with Gasteiger partial charge in [0.25, 0.3) is 0 Å². The topological polar surface area (TPSA) is 44.4 Å². The highest BCUT2D eigenvalue weighted by Crippen LogP contribution is 2.24. The van der Waals surface area contributed by atoms with Crippen molar-refractivity contribution >= 4 is 11.6 Å². The highest BCUT2D eigenvalue weighted by Gasteiger charge is 2.22. The standard InChI is InChI=1S/C22H29N3O/c1-3-17-8-7-9-18(4-2)22(17)24-21(26)16-25-15-6-5-10-20(25)19-11-13-23-14-12-19/h5-11,15,20,23H,3-4,12-14,16H2,1-2H3,(H,24,26). The summed E-state index contributed by atoms with van der Waals surface area (Å²) in [5, 5.41) is 6.53. The van der Waals surface area contributed by atoms with Crippen molar-refractivity contribution in [3.05, 3.63) is 65.4 Å². The maximum atomic E-state index is 12.8. The molecule has 1 amide bonds. The molecule has 1 aromatic carbocycles.